The van der Waals surface area contributed by atoms with E-state index in [9.17, 15) is 13.5 Å². The summed E-state index contributed by atoms with van der Waals surface area (Å²) >= 11 is 0. The van der Waals surface area contributed by atoms with Gasteiger partial charge in [-0.05, 0) is 30.7 Å². The summed E-state index contributed by atoms with van der Waals surface area (Å²) in [6.45, 7) is 2.17. The molecule has 94 valence electrons. The van der Waals surface area contributed by atoms with E-state index in [-0.39, 0.29) is 11.5 Å². The Labute approximate surface area is 102 Å². The number of sulfone groups is 1. The number of hydrogen-bond acceptors (Lipinski definition) is 4. The first-order chi connectivity index (χ1) is 8.05. The van der Waals surface area contributed by atoms with Crippen molar-refractivity contribution in [2.75, 3.05) is 24.6 Å². The van der Waals surface area contributed by atoms with Gasteiger partial charge < -0.3 is 5.11 Å². The summed E-state index contributed by atoms with van der Waals surface area (Å²) < 4.78 is 22.9. The molecule has 0 atom stereocenters. The molecule has 1 aromatic carbocycles. The molecule has 0 aliphatic carbocycles. The number of aromatic hydroxyl groups is 1. The van der Waals surface area contributed by atoms with E-state index >= 15 is 0 Å². The van der Waals surface area contributed by atoms with Crippen LogP contribution in [0.2, 0.25) is 0 Å². The van der Waals surface area contributed by atoms with Crippen LogP contribution in [0.25, 0.3) is 0 Å². The summed E-state index contributed by atoms with van der Waals surface area (Å²) in [6.07, 6.45) is 0.709. The van der Waals surface area contributed by atoms with Crippen LogP contribution in [0.5, 0.6) is 5.75 Å². The zero-order valence-corrected chi connectivity index (χ0v) is 10.5. The van der Waals surface area contributed by atoms with E-state index in [0.717, 1.165) is 18.7 Å². The Balaban J connectivity index is 1.97. The molecular formula is C12H17NO3S. The number of benzene rings is 1. The lowest BCUT2D eigenvalue weighted by Crippen LogP contribution is -2.26. The van der Waals surface area contributed by atoms with E-state index < -0.39 is 9.84 Å². The average Bonchev–Trinajstić information content (AvgIpc) is 2.44. The SMILES string of the molecule is O=S1(=O)CCCN(Cc2ccc(O)cc2)CC1. The van der Waals surface area contributed by atoms with Crippen molar-refractivity contribution in [2.45, 2.75) is 13.0 Å². The van der Waals surface area contributed by atoms with Gasteiger partial charge in [-0.25, -0.2) is 8.42 Å². The molecule has 0 bridgehead atoms. The topological polar surface area (TPSA) is 57.6 Å². The minimum absolute atomic E-state index is 0.255. The molecule has 0 amide bonds. The first kappa shape index (κ1) is 12.4. The molecule has 0 aromatic heterocycles. The highest BCUT2D eigenvalue weighted by Gasteiger charge is 2.18. The summed E-state index contributed by atoms with van der Waals surface area (Å²) in [4.78, 5) is 2.15. The van der Waals surface area contributed by atoms with Crippen molar-refractivity contribution in [3.05, 3.63) is 29.8 Å². The largest absolute Gasteiger partial charge is 0.508 e. The lowest BCUT2D eigenvalue weighted by atomic mass is 10.2. The molecule has 4 nitrogen and oxygen atoms in total. The van der Waals surface area contributed by atoms with Gasteiger partial charge in [-0.2, -0.15) is 0 Å². The molecule has 0 radical (unpaired) electrons. The van der Waals surface area contributed by atoms with Gasteiger partial charge in [0.05, 0.1) is 11.5 Å². The molecule has 1 aliphatic rings. The van der Waals surface area contributed by atoms with Crippen LogP contribution in [0, 0.1) is 0 Å². The second-order valence-corrected chi connectivity index (χ2v) is 6.75. The van der Waals surface area contributed by atoms with Gasteiger partial charge in [0, 0.05) is 13.1 Å². The Morgan fingerprint density at radius 3 is 2.53 bits per heavy atom. The van der Waals surface area contributed by atoms with Crippen molar-refractivity contribution in [1.29, 1.82) is 0 Å². The van der Waals surface area contributed by atoms with E-state index in [1.54, 1.807) is 12.1 Å². The lowest BCUT2D eigenvalue weighted by molar-refractivity contribution is 0.287. The van der Waals surface area contributed by atoms with Crippen LogP contribution in [0.15, 0.2) is 24.3 Å². The van der Waals surface area contributed by atoms with Crippen molar-refractivity contribution in [3.63, 3.8) is 0 Å². The van der Waals surface area contributed by atoms with Crippen molar-refractivity contribution >= 4 is 9.84 Å². The fraction of sp³-hybridized carbons (Fsp3) is 0.500. The Kier molecular flexibility index (Phi) is 3.69. The molecule has 1 aromatic rings. The number of hydrogen-bond donors (Lipinski definition) is 1. The van der Waals surface area contributed by atoms with Gasteiger partial charge in [-0.1, -0.05) is 12.1 Å². The molecule has 1 heterocycles. The third-order valence-electron chi connectivity index (χ3n) is 2.99. The fourth-order valence-corrected chi connectivity index (χ4v) is 3.32. The standard InChI is InChI=1S/C12H17NO3S/c14-12-4-2-11(3-5-12)10-13-6-1-8-17(15,16)9-7-13/h2-5,14H,1,6-10H2. The van der Waals surface area contributed by atoms with Crippen LogP contribution in [0.3, 0.4) is 0 Å². The molecule has 2 rings (SSSR count). The van der Waals surface area contributed by atoms with Crippen molar-refractivity contribution in [1.82, 2.24) is 4.90 Å². The highest BCUT2D eigenvalue weighted by molar-refractivity contribution is 7.91. The molecule has 0 saturated carbocycles. The summed E-state index contributed by atoms with van der Waals surface area (Å²) in [5.74, 6) is 0.816. The molecule has 1 N–H and O–H groups in total. The fourth-order valence-electron chi connectivity index (χ4n) is 2.01. The van der Waals surface area contributed by atoms with Crippen molar-refractivity contribution in [2.24, 2.45) is 0 Å². The van der Waals surface area contributed by atoms with Crippen LogP contribution < -0.4 is 0 Å². The van der Waals surface area contributed by atoms with E-state index in [1.807, 2.05) is 12.1 Å². The first-order valence-corrected chi connectivity index (χ1v) is 7.58. The predicted octanol–water partition coefficient (Wildman–Crippen LogP) is 1.01. The Morgan fingerprint density at radius 2 is 1.82 bits per heavy atom. The zero-order chi connectivity index (χ0) is 12.3. The third-order valence-corrected chi connectivity index (χ3v) is 4.71. The molecule has 1 aliphatic heterocycles. The second kappa shape index (κ2) is 5.06. The molecule has 0 unspecified atom stereocenters. The van der Waals surface area contributed by atoms with Gasteiger partial charge in [0.1, 0.15) is 5.75 Å². The quantitative estimate of drug-likeness (QED) is 0.857. The molecular weight excluding hydrogens is 238 g/mol. The van der Waals surface area contributed by atoms with Crippen molar-refractivity contribution < 1.29 is 13.5 Å². The van der Waals surface area contributed by atoms with Gasteiger partial charge in [0.25, 0.3) is 0 Å². The van der Waals surface area contributed by atoms with E-state index in [4.69, 9.17) is 0 Å². The zero-order valence-electron chi connectivity index (χ0n) is 9.67. The van der Waals surface area contributed by atoms with Gasteiger partial charge in [0.2, 0.25) is 0 Å². The Morgan fingerprint density at radius 1 is 1.12 bits per heavy atom. The van der Waals surface area contributed by atoms with Crippen LogP contribution in [0.4, 0.5) is 0 Å². The number of phenols is 1. The average molecular weight is 255 g/mol. The van der Waals surface area contributed by atoms with Crippen LogP contribution in [-0.4, -0.2) is 43.0 Å². The first-order valence-electron chi connectivity index (χ1n) is 5.76. The highest BCUT2D eigenvalue weighted by atomic mass is 32.2. The summed E-state index contributed by atoms with van der Waals surface area (Å²) in [6, 6.07) is 7.05. The van der Waals surface area contributed by atoms with Crippen LogP contribution in [0.1, 0.15) is 12.0 Å². The van der Waals surface area contributed by atoms with E-state index in [1.165, 1.54) is 0 Å². The maximum absolute atomic E-state index is 11.5. The van der Waals surface area contributed by atoms with Crippen LogP contribution in [-0.2, 0) is 16.4 Å². The summed E-state index contributed by atoms with van der Waals surface area (Å²) in [7, 11) is -2.83. The highest BCUT2D eigenvalue weighted by Crippen LogP contribution is 2.13. The van der Waals surface area contributed by atoms with Gasteiger partial charge in [0.15, 0.2) is 9.84 Å². The molecule has 1 fully saturated rings. The Hall–Kier alpha value is -1.07. The number of rotatable bonds is 2. The summed E-state index contributed by atoms with van der Waals surface area (Å²) in [5.41, 5.74) is 1.10. The summed E-state index contributed by atoms with van der Waals surface area (Å²) in [5, 5.41) is 9.18. The van der Waals surface area contributed by atoms with Gasteiger partial charge in [-0.3, -0.25) is 4.90 Å². The Bertz CT molecular complexity index is 467. The molecule has 1 saturated heterocycles. The minimum Gasteiger partial charge on any atom is -0.508 e. The number of phenolic OH excluding ortho intramolecular Hbond substituents is 1. The third kappa shape index (κ3) is 3.71. The van der Waals surface area contributed by atoms with Gasteiger partial charge in [-0.15, -0.1) is 0 Å². The lowest BCUT2D eigenvalue weighted by Gasteiger charge is -2.19. The van der Waals surface area contributed by atoms with Gasteiger partial charge >= 0.3 is 0 Å². The molecule has 0 spiro atoms. The van der Waals surface area contributed by atoms with Crippen molar-refractivity contribution in [3.8, 4) is 5.75 Å². The van der Waals surface area contributed by atoms with E-state index in [2.05, 4.69) is 4.90 Å². The maximum atomic E-state index is 11.5. The molecule has 5 heteroatoms. The normalized spacial score (nSPS) is 20.9. The predicted molar refractivity (Wildman–Crippen MR) is 66.7 cm³/mol. The van der Waals surface area contributed by atoms with E-state index in [0.29, 0.717) is 18.7 Å². The molecule has 17 heavy (non-hydrogen) atoms. The second-order valence-electron chi connectivity index (χ2n) is 4.45. The smallest absolute Gasteiger partial charge is 0.151 e. The monoisotopic (exact) mass is 255 g/mol. The number of nitrogens with zero attached hydrogens (tertiary/aromatic N) is 1. The minimum atomic E-state index is -2.83. The van der Waals surface area contributed by atoms with Crippen LogP contribution >= 0.6 is 0 Å². The maximum Gasteiger partial charge on any atom is 0.151 e.